The Morgan fingerprint density at radius 1 is 1.29 bits per heavy atom. The summed E-state index contributed by atoms with van der Waals surface area (Å²) in [5, 5.41) is 3.03. The lowest BCUT2D eigenvalue weighted by Crippen LogP contribution is -2.31. The van der Waals surface area contributed by atoms with E-state index in [9.17, 15) is 8.42 Å². The van der Waals surface area contributed by atoms with Crippen LogP contribution in [0.25, 0.3) is 0 Å². The quantitative estimate of drug-likeness (QED) is 0.837. The molecule has 0 amide bonds. The van der Waals surface area contributed by atoms with E-state index >= 15 is 0 Å². The van der Waals surface area contributed by atoms with Crippen LogP contribution in [0.2, 0.25) is 0 Å². The lowest BCUT2D eigenvalue weighted by molar-refractivity contribution is 0.569. The summed E-state index contributed by atoms with van der Waals surface area (Å²) in [7, 11) is -1.57. The average Bonchev–Trinajstić information content (AvgIpc) is 2.19. The Bertz CT molecular complexity index is 481. The molecule has 2 N–H and O–H groups in total. The van der Waals surface area contributed by atoms with E-state index in [4.69, 9.17) is 0 Å². The Morgan fingerprint density at radius 3 is 2.47 bits per heavy atom. The second kappa shape index (κ2) is 5.62. The third kappa shape index (κ3) is 3.52. The van der Waals surface area contributed by atoms with Crippen LogP contribution in [-0.2, 0) is 16.6 Å². The zero-order valence-electron chi connectivity index (χ0n) is 10.7. The molecule has 0 bridgehead atoms. The van der Waals surface area contributed by atoms with Gasteiger partial charge in [0, 0.05) is 12.6 Å². The topological polar surface area (TPSA) is 58.2 Å². The minimum absolute atomic E-state index is 0.104. The van der Waals surface area contributed by atoms with Crippen molar-refractivity contribution in [3.63, 3.8) is 0 Å². The number of benzene rings is 1. The van der Waals surface area contributed by atoms with Crippen molar-refractivity contribution in [2.24, 2.45) is 0 Å². The smallest absolute Gasteiger partial charge is 0.241 e. The first-order valence-corrected chi connectivity index (χ1v) is 7.12. The van der Waals surface area contributed by atoms with Crippen molar-refractivity contribution in [3.05, 3.63) is 29.3 Å². The molecule has 0 atom stereocenters. The van der Waals surface area contributed by atoms with Crippen molar-refractivity contribution in [2.75, 3.05) is 7.05 Å². The van der Waals surface area contributed by atoms with Gasteiger partial charge in [-0.2, -0.15) is 0 Å². The van der Waals surface area contributed by atoms with E-state index in [1.807, 2.05) is 33.9 Å². The summed E-state index contributed by atoms with van der Waals surface area (Å²) in [5.41, 5.74) is 1.80. The maximum atomic E-state index is 12.1. The molecule has 1 aromatic rings. The normalized spacial score (nSPS) is 12.1. The van der Waals surface area contributed by atoms with E-state index in [1.165, 1.54) is 0 Å². The Kier molecular flexibility index (Phi) is 4.68. The Balaban J connectivity index is 3.19. The molecular weight excluding hydrogens is 236 g/mol. The summed E-state index contributed by atoms with van der Waals surface area (Å²) < 4.78 is 26.8. The van der Waals surface area contributed by atoms with Gasteiger partial charge < -0.3 is 5.32 Å². The van der Waals surface area contributed by atoms with Crippen molar-refractivity contribution in [1.82, 2.24) is 10.0 Å². The highest BCUT2D eigenvalue weighted by Gasteiger charge is 2.18. The molecule has 0 aromatic heterocycles. The van der Waals surface area contributed by atoms with Crippen molar-refractivity contribution >= 4 is 10.0 Å². The zero-order chi connectivity index (χ0) is 13.1. The third-order valence-corrected chi connectivity index (χ3v) is 4.25. The van der Waals surface area contributed by atoms with Crippen LogP contribution >= 0.6 is 0 Å². The molecule has 0 radical (unpaired) electrons. The molecule has 1 aromatic carbocycles. The molecule has 0 spiro atoms. The van der Waals surface area contributed by atoms with Crippen LogP contribution in [0.5, 0.6) is 0 Å². The monoisotopic (exact) mass is 256 g/mol. The predicted molar refractivity (Wildman–Crippen MR) is 69.4 cm³/mol. The first-order valence-electron chi connectivity index (χ1n) is 5.64. The molecule has 0 aliphatic carbocycles. The second-order valence-electron chi connectivity index (χ2n) is 4.35. The fourth-order valence-corrected chi connectivity index (χ4v) is 3.25. The minimum atomic E-state index is -3.41. The summed E-state index contributed by atoms with van der Waals surface area (Å²) in [6.45, 7) is 6.12. The summed E-state index contributed by atoms with van der Waals surface area (Å²) in [6.07, 6.45) is 0. The maximum Gasteiger partial charge on any atom is 0.241 e. The Labute approximate surface area is 103 Å². The number of hydrogen-bond donors (Lipinski definition) is 2. The molecular formula is C12H20N2O2S. The highest BCUT2D eigenvalue weighted by molar-refractivity contribution is 7.89. The molecule has 0 saturated carbocycles. The van der Waals surface area contributed by atoms with Crippen LogP contribution in [0, 0.1) is 6.92 Å². The number of rotatable bonds is 5. The fraction of sp³-hybridized carbons (Fsp3) is 0.500. The number of sulfonamides is 1. The van der Waals surface area contributed by atoms with E-state index in [0.29, 0.717) is 11.4 Å². The van der Waals surface area contributed by atoms with Gasteiger partial charge in [0.05, 0.1) is 4.90 Å². The number of nitrogens with one attached hydrogen (secondary N) is 2. The number of hydrogen-bond acceptors (Lipinski definition) is 3. The van der Waals surface area contributed by atoms with E-state index in [1.54, 1.807) is 12.1 Å². The summed E-state index contributed by atoms with van der Waals surface area (Å²) in [4.78, 5) is 0.360. The van der Waals surface area contributed by atoms with Gasteiger partial charge in [-0.25, -0.2) is 13.1 Å². The average molecular weight is 256 g/mol. The highest BCUT2D eigenvalue weighted by Crippen LogP contribution is 2.19. The molecule has 96 valence electrons. The van der Waals surface area contributed by atoms with Crippen molar-refractivity contribution < 1.29 is 8.42 Å². The SMILES string of the molecule is CNCc1cccc(S(=O)(=O)NC(C)C)c1C. The third-order valence-electron chi connectivity index (χ3n) is 2.44. The maximum absolute atomic E-state index is 12.1. The van der Waals surface area contributed by atoms with Crippen LogP contribution < -0.4 is 10.0 Å². The highest BCUT2D eigenvalue weighted by atomic mass is 32.2. The largest absolute Gasteiger partial charge is 0.316 e. The molecule has 0 aliphatic heterocycles. The molecule has 4 nitrogen and oxygen atoms in total. The molecule has 0 saturated heterocycles. The van der Waals surface area contributed by atoms with E-state index in [2.05, 4.69) is 10.0 Å². The fourth-order valence-electron chi connectivity index (χ4n) is 1.71. The molecule has 0 fully saturated rings. The van der Waals surface area contributed by atoms with Crippen LogP contribution in [0.4, 0.5) is 0 Å². The van der Waals surface area contributed by atoms with Gasteiger partial charge in [0.25, 0.3) is 0 Å². The first kappa shape index (κ1) is 14.2. The van der Waals surface area contributed by atoms with Crippen LogP contribution in [0.3, 0.4) is 0 Å². The summed E-state index contributed by atoms with van der Waals surface area (Å²) in [5.74, 6) is 0. The standard InChI is InChI=1S/C12H20N2O2S/c1-9(2)14-17(15,16)12-7-5-6-11(8-13-4)10(12)3/h5-7,9,13-14H,8H2,1-4H3. The first-order chi connectivity index (χ1) is 7.88. The van der Waals surface area contributed by atoms with Crippen molar-refractivity contribution in [1.29, 1.82) is 0 Å². The zero-order valence-corrected chi connectivity index (χ0v) is 11.6. The Morgan fingerprint density at radius 2 is 1.94 bits per heavy atom. The van der Waals surface area contributed by atoms with Crippen molar-refractivity contribution in [3.8, 4) is 0 Å². The van der Waals surface area contributed by atoms with Gasteiger partial charge in [-0.3, -0.25) is 0 Å². The van der Waals surface area contributed by atoms with Gasteiger partial charge in [-0.15, -0.1) is 0 Å². The molecule has 0 aliphatic rings. The van der Waals surface area contributed by atoms with E-state index in [-0.39, 0.29) is 6.04 Å². The van der Waals surface area contributed by atoms with Crippen LogP contribution in [0.1, 0.15) is 25.0 Å². The minimum Gasteiger partial charge on any atom is -0.316 e. The lowest BCUT2D eigenvalue weighted by atomic mass is 10.1. The van der Waals surface area contributed by atoms with E-state index in [0.717, 1.165) is 11.1 Å². The molecule has 1 rings (SSSR count). The summed E-state index contributed by atoms with van der Waals surface area (Å²) in [6, 6.07) is 5.24. The van der Waals surface area contributed by atoms with Crippen LogP contribution in [0.15, 0.2) is 23.1 Å². The van der Waals surface area contributed by atoms with Gasteiger partial charge in [0.15, 0.2) is 0 Å². The molecule has 0 unspecified atom stereocenters. The van der Waals surface area contributed by atoms with E-state index < -0.39 is 10.0 Å². The van der Waals surface area contributed by atoms with Gasteiger partial charge in [0.2, 0.25) is 10.0 Å². The van der Waals surface area contributed by atoms with Gasteiger partial charge in [0.1, 0.15) is 0 Å². The van der Waals surface area contributed by atoms with Crippen LogP contribution in [-0.4, -0.2) is 21.5 Å². The van der Waals surface area contributed by atoms with Crippen molar-refractivity contribution in [2.45, 2.75) is 38.3 Å². The summed E-state index contributed by atoms with van der Waals surface area (Å²) >= 11 is 0. The lowest BCUT2D eigenvalue weighted by Gasteiger charge is -2.14. The van der Waals surface area contributed by atoms with Gasteiger partial charge >= 0.3 is 0 Å². The Hall–Kier alpha value is -0.910. The predicted octanol–water partition coefficient (Wildman–Crippen LogP) is 1.40. The van der Waals surface area contributed by atoms with Gasteiger partial charge in [-0.05, 0) is 45.0 Å². The molecule has 0 heterocycles. The van der Waals surface area contributed by atoms with Gasteiger partial charge in [-0.1, -0.05) is 12.1 Å². The molecule has 5 heteroatoms. The molecule has 17 heavy (non-hydrogen) atoms. The second-order valence-corrected chi connectivity index (χ2v) is 6.03.